The number of hydrogen-bond donors (Lipinski definition) is 0. The molecule has 1 atom stereocenters. The van der Waals surface area contributed by atoms with Crippen LogP contribution in [0.3, 0.4) is 0 Å². The van der Waals surface area contributed by atoms with Crippen molar-refractivity contribution in [3.05, 3.63) is 28.8 Å². The average molecular weight is 202 g/mol. The van der Waals surface area contributed by atoms with Gasteiger partial charge < -0.3 is 4.74 Å². The van der Waals surface area contributed by atoms with Crippen LogP contribution in [-0.4, -0.2) is 6.61 Å². The minimum atomic E-state index is 0.821. The summed E-state index contributed by atoms with van der Waals surface area (Å²) in [6.45, 7) is 3.18. The Morgan fingerprint density at radius 2 is 2.27 bits per heavy atom. The number of ether oxygens (including phenoxy) is 1. The van der Waals surface area contributed by atoms with Crippen LogP contribution in [0.5, 0.6) is 5.75 Å². The van der Waals surface area contributed by atoms with Crippen molar-refractivity contribution in [2.75, 3.05) is 6.61 Å². The van der Waals surface area contributed by atoms with E-state index in [-0.39, 0.29) is 0 Å². The Kier molecular flexibility index (Phi) is 2.19. The molecule has 0 aromatic heterocycles. The van der Waals surface area contributed by atoms with Gasteiger partial charge in [-0.05, 0) is 42.4 Å². The van der Waals surface area contributed by atoms with Crippen molar-refractivity contribution in [2.24, 2.45) is 0 Å². The zero-order chi connectivity index (χ0) is 10.3. The molecule has 0 amide bonds. The van der Waals surface area contributed by atoms with Crippen LogP contribution in [0.1, 0.15) is 48.8 Å². The topological polar surface area (TPSA) is 9.23 Å². The average Bonchev–Trinajstić information content (AvgIpc) is 2.83. The van der Waals surface area contributed by atoms with Gasteiger partial charge in [-0.15, -0.1) is 0 Å². The molecule has 0 saturated heterocycles. The summed E-state index contributed by atoms with van der Waals surface area (Å²) in [5.74, 6) is 1.98. The zero-order valence-corrected chi connectivity index (χ0v) is 9.38. The van der Waals surface area contributed by atoms with Gasteiger partial charge in [0.05, 0.1) is 6.61 Å². The molecule has 1 heterocycles. The van der Waals surface area contributed by atoms with Gasteiger partial charge >= 0.3 is 0 Å². The number of aryl methyl sites for hydroxylation is 1. The molecule has 1 aromatic carbocycles. The standard InChI is InChI=1S/C14H18O/c1-2-3-10-4-5-11-6-7-13-12(14(10)11)8-9-15-13/h6-7,10H,2-5,8-9H2,1H3. The molecular formula is C14H18O. The molecule has 0 saturated carbocycles. The Hall–Kier alpha value is -0.980. The van der Waals surface area contributed by atoms with E-state index in [1.807, 2.05) is 0 Å². The van der Waals surface area contributed by atoms with E-state index in [0.29, 0.717) is 0 Å². The first-order chi connectivity index (χ1) is 7.40. The van der Waals surface area contributed by atoms with Gasteiger partial charge in [0.2, 0.25) is 0 Å². The third-order valence-corrected chi connectivity index (χ3v) is 3.82. The van der Waals surface area contributed by atoms with E-state index < -0.39 is 0 Å². The normalized spacial score (nSPS) is 22.3. The Morgan fingerprint density at radius 1 is 1.33 bits per heavy atom. The summed E-state index contributed by atoms with van der Waals surface area (Å²) >= 11 is 0. The summed E-state index contributed by atoms with van der Waals surface area (Å²) in [7, 11) is 0. The van der Waals surface area contributed by atoms with E-state index in [2.05, 4.69) is 19.1 Å². The number of hydrogen-bond acceptors (Lipinski definition) is 1. The summed E-state index contributed by atoms with van der Waals surface area (Å²) < 4.78 is 5.65. The Morgan fingerprint density at radius 3 is 3.13 bits per heavy atom. The van der Waals surface area contributed by atoms with Crippen LogP contribution >= 0.6 is 0 Å². The van der Waals surface area contributed by atoms with E-state index in [0.717, 1.165) is 24.7 Å². The predicted molar refractivity (Wildman–Crippen MR) is 61.6 cm³/mol. The zero-order valence-electron chi connectivity index (χ0n) is 9.38. The smallest absolute Gasteiger partial charge is 0.122 e. The van der Waals surface area contributed by atoms with E-state index >= 15 is 0 Å². The number of fused-ring (bicyclic) bond motifs is 3. The van der Waals surface area contributed by atoms with Gasteiger partial charge in [-0.1, -0.05) is 19.4 Å². The second-order valence-corrected chi connectivity index (χ2v) is 4.74. The Labute approximate surface area is 91.5 Å². The number of rotatable bonds is 2. The van der Waals surface area contributed by atoms with E-state index in [9.17, 15) is 0 Å². The third-order valence-electron chi connectivity index (χ3n) is 3.82. The van der Waals surface area contributed by atoms with Crippen molar-refractivity contribution in [1.82, 2.24) is 0 Å². The van der Waals surface area contributed by atoms with E-state index in [4.69, 9.17) is 4.74 Å². The lowest BCUT2D eigenvalue weighted by Crippen LogP contribution is -1.97. The molecule has 3 rings (SSSR count). The van der Waals surface area contributed by atoms with Gasteiger partial charge in [0.15, 0.2) is 0 Å². The van der Waals surface area contributed by atoms with Crippen LogP contribution in [0.25, 0.3) is 0 Å². The van der Waals surface area contributed by atoms with Gasteiger partial charge in [0.25, 0.3) is 0 Å². The molecule has 0 N–H and O–H groups in total. The molecule has 0 bridgehead atoms. The van der Waals surface area contributed by atoms with Gasteiger partial charge in [-0.2, -0.15) is 0 Å². The van der Waals surface area contributed by atoms with Crippen LogP contribution in [0.15, 0.2) is 12.1 Å². The fourth-order valence-corrected chi connectivity index (χ4v) is 3.19. The van der Waals surface area contributed by atoms with Gasteiger partial charge in [-0.25, -0.2) is 0 Å². The summed E-state index contributed by atoms with van der Waals surface area (Å²) in [5.41, 5.74) is 4.79. The highest BCUT2D eigenvalue weighted by molar-refractivity contribution is 5.51. The lowest BCUT2D eigenvalue weighted by atomic mass is 9.91. The van der Waals surface area contributed by atoms with Crippen molar-refractivity contribution in [2.45, 2.75) is 44.9 Å². The molecule has 1 heteroatoms. The lowest BCUT2D eigenvalue weighted by molar-refractivity contribution is 0.357. The minimum absolute atomic E-state index is 0.821. The SMILES string of the molecule is CCCC1CCc2ccc3c(c21)CCO3. The molecule has 0 radical (unpaired) electrons. The highest BCUT2D eigenvalue weighted by Gasteiger charge is 2.28. The van der Waals surface area contributed by atoms with Crippen molar-refractivity contribution >= 4 is 0 Å². The van der Waals surface area contributed by atoms with Crippen molar-refractivity contribution in [1.29, 1.82) is 0 Å². The molecule has 2 aliphatic rings. The maximum absolute atomic E-state index is 5.65. The largest absolute Gasteiger partial charge is 0.493 e. The fraction of sp³-hybridized carbons (Fsp3) is 0.571. The summed E-state index contributed by atoms with van der Waals surface area (Å²) in [6.07, 6.45) is 6.43. The monoisotopic (exact) mass is 202 g/mol. The third kappa shape index (κ3) is 1.37. The van der Waals surface area contributed by atoms with Crippen LogP contribution in [0.2, 0.25) is 0 Å². The minimum Gasteiger partial charge on any atom is -0.493 e. The summed E-state index contributed by atoms with van der Waals surface area (Å²) in [5, 5.41) is 0. The van der Waals surface area contributed by atoms with Crippen molar-refractivity contribution < 1.29 is 4.74 Å². The molecule has 80 valence electrons. The molecule has 1 unspecified atom stereocenters. The first kappa shape index (κ1) is 9.26. The van der Waals surface area contributed by atoms with Crippen LogP contribution < -0.4 is 4.74 Å². The van der Waals surface area contributed by atoms with Crippen LogP contribution in [0, 0.1) is 0 Å². The maximum atomic E-state index is 5.65. The Bertz CT molecular complexity index is 379. The first-order valence-electron chi connectivity index (χ1n) is 6.17. The molecule has 0 fully saturated rings. The Balaban J connectivity index is 2.05. The molecule has 0 spiro atoms. The number of benzene rings is 1. The molecule has 1 nitrogen and oxygen atoms in total. The summed E-state index contributed by atoms with van der Waals surface area (Å²) in [6, 6.07) is 4.46. The second kappa shape index (κ2) is 3.55. The van der Waals surface area contributed by atoms with Gasteiger partial charge in [0.1, 0.15) is 5.75 Å². The van der Waals surface area contributed by atoms with Crippen molar-refractivity contribution in [3.8, 4) is 5.75 Å². The fourth-order valence-electron chi connectivity index (χ4n) is 3.19. The van der Waals surface area contributed by atoms with Gasteiger partial charge in [0, 0.05) is 12.0 Å². The molecule has 1 aliphatic heterocycles. The second-order valence-electron chi connectivity index (χ2n) is 4.74. The van der Waals surface area contributed by atoms with Gasteiger partial charge in [-0.3, -0.25) is 0 Å². The maximum Gasteiger partial charge on any atom is 0.122 e. The first-order valence-corrected chi connectivity index (χ1v) is 6.17. The highest BCUT2D eigenvalue weighted by Crippen LogP contribution is 2.43. The van der Waals surface area contributed by atoms with Crippen LogP contribution in [-0.2, 0) is 12.8 Å². The highest BCUT2D eigenvalue weighted by atomic mass is 16.5. The molecular weight excluding hydrogens is 184 g/mol. The molecule has 1 aliphatic carbocycles. The van der Waals surface area contributed by atoms with E-state index in [1.54, 1.807) is 11.1 Å². The van der Waals surface area contributed by atoms with Crippen LogP contribution in [0.4, 0.5) is 0 Å². The predicted octanol–water partition coefficient (Wildman–Crippen LogP) is 3.45. The summed E-state index contributed by atoms with van der Waals surface area (Å²) in [4.78, 5) is 0. The van der Waals surface area contributed by atoms with Crippen molar-refractivity contribution in [3.63, 3.8) is 0 Å². The molecule has 15 heavy (non-hydrogen) atoms. The lowest BCUT2D eigenvalue weighted by Gasteiger charge is -2.13. The molecule has 1 aromatic rings. The van der Waals surface area contributed by atoms with E-state index in [1.165, 1.54) is 31.2 Å². The quantitative estimate of drug-likeness (QED) is 0.713.